The van der Waals surface area contributed by atoms with Crippen LogP contribution in [0.3, 0.4) is 0 Å². The van der Waals surface area contributed by atoms with Gasteiger partial charge < -0.3 is 0 Å². The first-order valence-corrected chi connectivity index (χ1v) is 11.7. The monoisotopic (exact) mass is 377 g/mol. The van der Waals surface area contributed by atoms with E-state index in [0.29, 0.717) is 12.8 Å². The van der Waals surface area contributed by atoms with Crippen molar-refractivity contribution in [2.75, 3.05) is 0 Å². The van der Waals surface area contributed by atoms with E-state index in [4.69, 9.17) is 0 Å². The zero-order valence-electron chi connectivity index (χ0n) is 18.0. The average Bonchev–Trinajstić information content (AvgIpc) is 2.95. The van der Waals surface area contributed by atoms with Gasteiger partial charge in [0, 0.05) is 6.42 Å². The second kappa shape index (κ2) is 14.9. The van der Waals surface area contributed by atoms with Crippen molar-refractivity contribution in [3.05, 3.63) is 12.2 Å². The minimum atomic E-state index is -0.576. The van der Waals surface area contributed by atoms with Crippen LogP contribution in [-0.2, 0) is 9.59 Å². The first kappa shape index (κ1) is 23.9. The molecule has 1 N–H and O–H groups in total. The lowest BCUT2D eigenvalue weighted by atomic mass is 9.83. The summed E-state index contributed by atoms with van der Waals surface area (Å²) in [6.45, 7) is 4.26. The molecule has 0 saturated carbocycles. The summed E-state index contributed by atoms with van der Waals surface area (Å²) in [5.41, 5.74) is -0.576. The zero-order chi connectivity index (χ0) is 19.8. The molecule has 3 nitrogen and oxygen atoms in total. The molecule has 1 aliphatic rings. The molecule has 0 aromatic carbocycles. The van der Waals surface area contributed by atoms with Crippen LogP contribution >= 0.6 is 0 Å². The van der Waals surface area contributed by atoms with Gasteiger partial charge in [0.15, 0.2) is 0 Å². The smallest absolute Gasteiger partial charge is 0.237 e. The summed E-state index contributed by atoms with van der Waals surface area (Å²) in [7, 11) is 0. The zero-order valence-corrected chi connectivity index (χ0v) is 18.0. The fourth-order valence-electron chi connectivity index (χ4n) is 3.97. The number of amides is 2. The Balaban J connectivity index is 1.90. The maximum Gasteiger partial charge on any atom is 0.237 e. The Kier molecular flexibility index (Phi) is 13.2. The molecule has 1 rings (SSSR count). The molecule has 0 aliphatic carbocycles. The molecule has 0 bridgehead atoms. The maximum absolute atomic E-state index is 11.9. The van der Waals surface area contributed by atoms with Gasteiger partial charge in [-0.25, -0.2) is 0 Å². The Labute approximate surface area is 167 Å². The fraction of sp³-hybridized carbons (Fsp3) is 0.833. The lowest BCUT2D eigenvalue weighted by Gasteiger charge is -2.18. The van der Waals surface area contributed by atoms with E-state index >= 15 is 0 Å². The van der Waals surface area contributed by atoms with Gasteiger partial charge in [-0.15, -0.1) is 0 Å². The molecule has 1 fully saturated rings. The normalized spacial score (nSPS) is 19.9. The largest absolute Gasteiger partial charge is 0.296 e. The summed E-state index contributed by atoms with van der Waals surface area (Å²) < 4.78 is 0. The van der Waals surface area contributed by atoms with Crippen molar-refractivity contribution >= 4 is 11.8 Å². The molecule has 0 aromatic rings. The third-order valence-electron chi connectivity index (χ3n) is 5.97. The van der Waals surface area contributed by atoms with Crippen LogP contribution in [0, 0.1) is 5.41 Å². The number of unbranched alkanes of at least 4 members (excludes halogenated alkanes) is 14. The highest BCUT2D eigenvalue weighted by molar-refractivity contribution is 6.06. The number of nitrogens with one attached hydrogen (secondary N) is 1. The van der Waals surface area contributed by atoms with Gasteiger partial charge in [-0.1, -0.05) is 109 Å². The highest BCUT2D eigenvalue weighted by Crippen LogP contribution is 2.33. The summed E-state index contributed by atoms with van der Waals surface area (Å²) in [5, 5.41) is 2.43. The van der Waals surface area contributed by atoms with Gasteiger partial charge >= 0.3 is 0 Å². The number of allylic oxidation sites excluding steroid dienone is 1. The Hall–Kier alpha value is -1.12. The van der Waals surface area contributed by atoms with E-state index < -0.39 is 5.41 Å². The molecule has 3 heteroatoms. The maximum atomic E-state index is 11.9. The molecule has 1 heterocycles. The predicted molar refractivity (Wildman–Crippen MR) is 115 cm³/mol. The van der Waals surface area contributed by atoms with Crippen LogP contribution in [0.1, 0.15) is 123 Å². The molecular weight excluding hydrogens is 334 g/mol. The lowest BCUT2D eigenvalue weighted by Crippen LogP contribution is -2.29. The van der Waals surface area contributed by atoms with Gasteiger partial charge in [0.1, 0.15) is 0 Å². The second-order valence-electron chi connectivity index (χ2n) is 8.35. The quantitative estimate of drug-likeness (QED) is 0.171. The Bertz CT molecular complexity index is 444. The molecule has 2 amide bonds. The summed E-state index contributed by atoms with van der Waals surface area (Å²) in [6.07, 6.45) is 25.3. The molecule has 1 saturated heterocycles. The van der Waals surface area contributed by atoms with Crippen LogP contribution in [0.4, 0.5) is 0 Å². The van der Waals surface area contributed by atoms with Crippen LogP contribution in [0.15, 0.2) is 12.2 Å². The Morgan fingerprint density at radius 3 is 1.67 bits per heavy atom. The minimum Gasteiger partial charge on any atom is -0.296 e. The molecule has 1 unspecified atom stereocenters. The second-order valence-corrected chi connectivity index (χ2v) is 8.35. The minimum absolute atomic E-state index is 0.118. The number of carbonyl (C=O) groups excluding carboxylic acids is 2. The lowest BCUT2D eigenvalue weighted by molar-refractivity contribution is -0.127. The van der Waals surface area contributed by atoms with Crippen molar-refractivity contribution in [1.29, 1.82) is 0 Å². The summed E-state index contributed by atoms with van der Waals surface area (Å²) in [5.74, 6) is -0.254. The fourth-order valence-corrected chi connectivity index (χ4v) is 3.97. The van der Waals surface area contributed by atoms with Crippen molar-refractivity contribution in [1.82, 2.24) is 5.32 Å². The molecule has 1 aliphatic heterocycles. The molecule has 27 heavy (non-hydrogen) atoms. The van der Waals surface area contributed by atoms with Crippen LogP contribution in [0.5, 0.6) is 0 Å². The average molecular weight is 378 g/mol. The van der Waals surface area contributed by atoms with Crippen LogP contribution < -0.4 is 5.32 Å². The Morgan fingerprint density at radius 1 is 0.778 bits per heavy atom. The van der Waals surface area contributed by atoms with E-state index in [1.54, 1.807) is 0 Å². The third kappa shape index (κ3) is 10.1. The standard InChI is InChI=1S/C24H43NO2/c1-3-5-6-7-8-9-10-11-12-13-14-15-16-17-18-19-20-24(4-2)21-22(26)25-23(24)27/h19-20H,3-18,21H2,1-2H3,(H,25,26,27). The molecular formula is C24H43NO2. The van der Waals surface area contributed by atoms with E-state index in [2.05, 4.69) is 18.3 Å². The number of hydrogen-bond acceptors (Lipinski definition) is 2. The highest BCUT2D eigenvalue weighted by Gasteiger charge is 2.42. The van der Waals surface area contributed by atoms with Crippen molar-refractivity contribution in [3.8, 4) is 0 Å². The Morgan fingerprint density at radius 2 is 1.26 bits per heavy atom. The van der Waals surface area contributed by atoms with Crippen molar-refractivity contribution < 1.29 is 9.59 Å². The van der Waals surface area contributed by atoms with Crippen molar-refractivity contribution in [2.45, 2.75) is 123 Å². The van der Waals surface area contributed by atoms with Crippen LogP contribution in [-0.4, -0.2) is 11.8 Å². The SMILES string of the molecule is CCCCCCCCCCCCCCCCC=CC1(CC)CC(=O)NC1=O. The van der Waals surface area contributed by atoms with Crippen LogP contribution in [0.25, 0.3) is 0 Å². The van der Waals surface area contributed by atoms with Gasteiger partial charge in [-0.05, 0) is 19.3 Å². The number of rotatable bonds is 17. The topological polar surface area (TPSA) is 46.2 Å². The first-order valence-electron chi connectivity index (χ1n) is 11.7. The van der Waals surface area contributed by atoms with E-state index in [-0.39, 0.29) is 11.8 Å². The van der Waals surface area contributed by atoms with E-state index in [9.17, 15) is 9.59 Å². The number of carbonyl (C=O) groups is 2. The van der Waals surface area contributed by atoms with Gasteiger partial charge in [-0.3, -0.25) is 14.9 Å². The number of imide groups is 1. The van der Waals surface area contributed by atoms with Crippen LogP contribution in [0.2, 0.25) is 0 Å². The van der Waals surface area contributed by atoms with Crippen molar-refractivity contribution in [2.24, 2.45) is 5.41 Å². The van der Waals surface area contributed by atoms with Crippen molar-refractivity contribution in [3.63, 3.8) is 0 Å². The summed E-state index contributed by atoms with van der Waals surface area (Å²) >= 11 is 0. The molecule has 0 aromatic heterocycles. The number of hydrogen-bond donors (Lipinski definition) is 1. The molecule has 1 atom stereocenters. The van der Waals surface area contributed by atoms with E-state index in [0.717, 1.165) is 6.42 Å². The van der Waals surface area contributed by atoms with E-state index in [1.807, 2.05) is 13.0 Å². The van der Waals surface area contributed by atoms with Gasteiger partial charge in [0.05, 0.1) is 5.41 Å². The summed E-state index contributed by atoms with van der Waals surface area (Å²) in [4.78, 5) is 23.4. The summed E-state index contributed by atoms with van der Waals surface area (Å²) in [6, 6.07) is 0. The third-order valence-corrected chi connectivity index (χ3v) is 5.97. The molecule has 0 radical (unpaired) electrons. The van der Waals surface area contributed by atoms with Gasteiger partial charge in [0.2, 0.25) is 11.8 Å². The van der Waals surface area contributed by atoms with Gasteiger partial charge in [0.25, 0.3) is 0 Å². The van der Waals surface area contributed by atoms with Gasteiger partial charge in [-0.2, -0.15) is 0 Å². The first-order chi connectivity index (χ1) is 13.1. The highest BCUT2D eigenvalue weighted by atomic mass is 16.2. The molecule has 156 valence electrons. The molecule has 0 spiro atoms. The van der Waals surface area contributed by atoms with E-state index in [1.165, 1.54) is 89.9 Å². The predicted octanol–water partition coefficient (Wildman–Crippen LogP) is 6.86.